The number of fused-ring (bicyclic) bond motifs is 1. The van der Waals surface area contributed by atoms with Crippen LogP contribution < -0.4 is 0 Å². The Labute approximate surface area is 158 Å². The number of hydrogen-bond acceptors (Lipinski definition) is 2. The number of carbonyl (C=O) groups excluding carboxylic acids is 1. The highest BCUT2D eigenvalue weighted by Gasteiger charge is 2.26. The van der Waals surface area contributed by atoms with Gasteiger partial charge in [-0.1, -0.05) is 18.2 Å². The van der Waals surface area contributed by atoms with Crippen LogP contribution in [0.4, 0.5) is 4.39 Å². The van der Waals surface area contributed by atoms with Crippen molar-refractivity contribution in [3.05, 3.63) is 65.2 Å². The van der Waals surface area contributed by atoms with Gasteiger partial charge in [-0.3, -0.25) is 4.79 Å². The van der Waals surface area contributed by atoms with E-state index >= 15 is 0 Å². The number of carbonyl (C=O) groups is 1. The molecule has 1 aliphatic rings. The minimum Gasteiger partial charge on any atom is -0.342 e. The average Bonchev–Trinajstić information content (AvgIpc) is 3.07. The number of aromatic amines is 1. The molecule has 27 heavy (non-hydrogen) atoms. The van der Waals surface area contributed by atoms with Crippen LogP contribution in [0.1, 0.15) is 41.0 Å². The molecular formula is C22H24FN3O. The van der Waals surface area contributed by atoms with Crippen molar-refractivity contribution in [3.8, 4) is 0 Å². The quantitative estimate of drug-likeness (QED) is 0.740. The smallest absolute Gasteiger partial charge is 0.256 e. The van der Waals surface area contributed by atoms with Crippen molar-refractivity contribution < 1.29 is 9.18 Å². The number of para-hydroxylation sites is 1. The second-order valence-corrected chi connectivity index (χ2v) is 7.45. The van der Waals surface area contributed by atoms with Gasteiger partial charge < -0.3 is 9.88 Å². The third-order valence-corrected chi connectivity index (χ3v) is 5.42. The number of aromatic nitrogens is 2. The molecule has 1 atom stereocenters. The monoisotopic (exact) mass is 365 g/mol. The largest absolute Gasteiger partial charge is 0.342 e. The molecule has 1 aliphatic heterocycles. The number of rotatable bonds is 4. The van der Waals surface area contributed by atoms with Crippen LogP contribution in [0.3, 0.4) is 0 Å². The highest BCUT2D eigenvalue weighted by Crippen LogP contribution is 2.25. The minimum absolute atomic E-state index is 0.0681. The van der Waals surface area contributed by atoms with Crippen LogP contribution in [0.2, 0.25) is 0 Å². The second-order valence-electron chi connectivity index (χ2n) is 7.45. The number of hydrogen-bond donors (Lipinski definition) is 1. The van der Waals surface area contributed by atoms with Crippen molar-refractivity contribution in [2.45, 2.75) is 32.6 Å². The van der Waals surface area contributed by atoms with Crippen LogP contribution in [0, 0.1) is 18.7 Å². The highest BCUT2D eigenvalue weighted by atomic mass is 19.1. The van der Waals surface area contributed by atoms with Crippen molar-refractivity contribution in [1.29, 1.82) is 0 Å². The molecular weight excluding hydrogens is 341 g/mol. The van der Waals surface area contributed by atoms with E-state index in [1.165, 1.54) is 12.1 Å². The zero-order valence-electron chi connectivity index (χ0n) is 15.5. The van der Waals surface area contributed by atoms with Crippen LogP contribution in [-0.2, 0) is 6.42 Å². The number of imidazole rings is 1. The van der Waals surface area contributed by atoms with Crippen LogP contribution >= 0.6 is 0 Å². The lowest BCUT2D eigenvalue weighted by Crippen LogP contribution is -2.40. The molecule has 1 amide bonds. The number of H-pyrrole nitrogens is 1. The molecule has 140 valence electrons. The third-order valence-electron chi connectivity index (χ3n) is 5.42. The number of halogens is 1. The molecule has 1 saturated heterocycles. The fraction of sp³-hybridized carbons (Fsp3) is 0.364. The summed E-state index contributed by atoms with van der Waals surface area (Å²) in [4.78, 5) is 22.8. The number of benzene rings is 2. The Kier molecular flexibility index (Phi) is 4.92. The summed E-state index contributed by atoms with van der Waals surface area (Å²) in [6.07, 6.45) is 4.09. The van der Waals surface area contributed by atoms with Gasteiger partial charge in [-0.15, -0.1) is 0 Å². The van der Waals surface area contributed by atoms with Gasteiger partial charge >= 0.3 is 0 Å². The first-order valence-electron chi connectivity index (χ1n) is 9.59. The number of amides is 1. The normalized spacial score (nSPS) is 17.4. The lowest BCUT2D eigenvalue weighted by Gasteiger charge is -2.33. The standard InChI is InChI=1S/C22H24FN3O/c1-15-24-20-6-2-5-19(21(20)25-15)22(27)26-13-3-4-17(14-26)8-7-16-9-11-18(23)12-10-16/h2,5-6,9-12,17H,3-4,7-8,13-14H2,1H3,(H,24,25). The van der Waals surface area contributed by atoms with Gasteiger partial charge in [0.2, 0.25) is 0 Å². The Morgan fingerprint density at radius 2 is 2.07 bits per heavy atom. The number of nitrogens with zero attached hydrogens (tertiary/aromatic N) is 2. The summed E-state index contributed by atoms with van der Waals surface area (Å²) < 4.78 is 13.0. The average molecular weight is 365 g/mol. The lowest BCUT2D eigenvalue weighted by molar-refractivity contribution is 0.0670. The zero-order valence-corrected chi connectivity index (χ0v) is 15.5. The molecule has 4 rings (SSSR count). The molecule has 0 radical (unpaired) electrons. The van der Waals surface area contributed by atoms with E-state index in [4.69, 9.17) is 0 Å². The Hall–Kier alpha value is -2.69. The second kappa shape index (κ2) is 7.51. The predicted molar refractivity (Wildman–Crippen MR) is 104 cm³/mol. The summed E-state index contributed by atoms with van der Waals surface area (Å²) in [7, 11) is 0. The first-order chi connectivity index (χ1) is 13.1. The molecule has 0 saturated carbocycles. The molecule has 1 N–H and O–H groups in total. The fourth-order valence-electron chi connectivity index (χ4n) is 4.01. The summed E-state index contributed by atoms with van der Waals surface area (Å²) >= 11 is 0. The molecule has 5 heteroatoms. The summed E-state index contributed by atoms with van der Waals surface area (Å²) in [5.41, 5.74) is 3.49. The number of nitrogens with one attached hydrogen (secondary N) is 1. The number of piperidine rings is 1. The van der Waals surface area contributed by atoms with Gasteiger partial charge in [-0.05, 0) is 68.4 Å². The van der Waals surface area contributed by atoms with Crippen LogP contribution in [0.25, 0.3) is 11.0 Å². The van der Waals surface area contributed by atoms with E-state index in [0.717, 1.165) is 61.2 Å². The maximum absolute atomic E-state index is 13.1. The molecule has 2 heterocycles. The SMILES string of the molecule is Cc1nc2c(C(=O)N3CCCC(CCc4ccc(F)cc4)C3)cccc2[nH]1. The molecule has 0 spiro atoms. The molecule has 1 aromatic heterocycles. The molecule has 1 unspecified atom stereocenters. The summed E-state index contributed by atoms with van der Waals surface area (Å²) in [5.74, 6) is 1.17. The van der Waals surface area contributed by atoms with E-state index in [1.54, 1.807) is 0 Å². The lowest BCUT2D eigenvalue weighted by atomic mass is 9.91. The third kappa shape index (κ3) is 3.87. The first-order valence-corrected chi connectivity index (χ1v) is 9.59. The van der Waals surface area contributed by atoms with Crippen LogP contribution in [-0.4, -0.2) is 33.9 Å². The minimum atomic E-state index is -0.198. The Balaban J connectivity index is 1.44. The van der Waals surface area contributed by atoms with Crippen LogP contribution in [0.5, 0.6) is 0 Å². The molecule has 1 fully saturated rings. The van der Waals surface area contributed by atoms with Crippen molar-refractivity contribution in [2.24, 2.45) is 5.92 Å². The van der Waals surface area contributed by atoms with Crippen LogP contribution in [0.15, 0.2) is 42.5 Å². The van der Waals surface area contributed by atoms with Crippen molar-refractivity contribution >= 4 is 16.9 Å². The number of aryl methyl sites for hydroxylation is 2. The van der Waals surface area contributed by atoms with Gasteiger partial charge in [-0.2, -0.15) is 0 Å². The maximum atomic E-state index is 13.1. The van der Waals surface area contributed by atoms with Gasteiger partial charge in [0.05, 0.1) is 11.1 Å². The molecule has 0 aliphatic carbocycles. The highest BCUT2D eigenvalue weighted by molar-refractivity contribution is 6.04. The van der Waals surface area contributed by atoms with Crippen molar-refractivity contribution in [2.75, 3.05) is 13.1 Å². The molecule has 4 nitrogen and oxygen atoms in total. The fourth-order valence-corrected chi connectivity index (χ4v) is 4.01. The van der Waals surface area contributed by atoms with Crippen molar-refractivity contribution in [3.63, 3.8) is 0 Å². The van der Waals surface area contributed by atoms with E-state index in [0.29, 0.717) is 11.5 Å². The van der Waals surface area contributed by atoms with E-state index in [2.05, 4.69) is 9.97 Å². The zero-order chi connectivity index (χ0) is 18.8. The number of likely N-dealkylation sites (tertiary alicyclic amines) is 1. The summed E-state index contributed by atoms with van der Waals surface area (Å²) in [6, 6.07) is 12.4. The van der Waals surface area contributed by atoms with E-state index in [-0.39, 0.29) is 11.7 Å². The predicted octanol–water partition coefficient (Wildman–Crippen LogP) is 4.50. The maximum Gasteiger partial charge on any atom is 0.256 e. The van der Waals surface area contributed by atoms with Gasteiger partial charge in [0.15, 0.2) is 0 Å². The van der Waals surface area contributed by atoms with Gasteiger partial charge in [-0.25, -0.2) is 9.37 Å². The Bertz CT molecular complexity index is 948. The molecule has 0 bridgehead atoms. The molecule has 2 aromatic carbocycles. The summed E-state index contributed by atoms with van der Waals surface area (Å²) in [6.45, 7) is 3.48. The summed E-state index contributed by atoms with van der Waals surface area (Å²) in [5, 5.41) is 0. The van der Waals surface area contributed by atoms with E-state index in [9.17, 15) is 9.18 Å². The van der Waals surface area contributed by atoms with Gasteiger partial charge in [0.25, 0.3) is 5.91 Å². The van der Waals surface area contributed by atoms with Gasteiger partial charge in [0.1, 0.15) is 17.2 Å². The van der Waals surface area contributed by atoms with E-state index in [1.807, 2.05) is 42.2 Å². The van der Waals surface area contributed by atoms with Crippen molar-refractivity contribution in [1.82, 2.24) is 14.9 Å². The van der Waals surface area contributed by atoms with Gasteiger partial charge in [0, 0.05) is 13.1 Å². The Morgan fingerprint density at radius 3 is 2.89 bits per heavy atom. The van der Waals surface area contributed by atoms with E-state index < -0.39 is 0 Å². The molecule has 3 aromatic rings. The Morgan fingerprint density at radius 1 is 1.26 bits per heavy atom. The topological polar surface area (TPSA) is 49.0 Å². The first kappa shape index (κ1) is 17.7.